The molecular weight excluding hydrogens is 278 g/mol. The second-order valence-corrected chi connectivity index (χ2v) is 5.78. The van der Waals surface area contributed by atoms with E-state index in [0.29, 0.717) is 11.5 Å². The van der Waals surface area contributed by atoms with Crippen molar-refractivity contribution >= 4 is 5.97 Å². The number of aryl methyl sites for hydroxylation is 1. The van der Waals surface area contributed by atoms with E-state index in [9.17, 15) is 4.79 Å². The van der Waals surface area contributed by atoms with Gasteiger partial charge in [-0.15, -0.1) is 0 Å². The highest BCUT2D eigenvalue weighted by atomic mass is 16.4. The Balaban J connectivity index is 1.66. The number of hydrogen-bond donors (Lipinski definition) is 1. The van der Waals surface area contributed by atoms with Crippen molar-refractivity contribution in [3.05, 3.63) is 59.2 Å². The fourth-order valence-corrected chi connectivity index (χ4v) is 2.91. The van der Waals surface area contributed by atoms with Gasteiger partial charge < -0.3 is 5.11 Å². The molecule has 5 heteroatoms. The van der Waals surface area contributed by atoms with Gasteiger partial charge in [0.15, 0.2) is 0 Å². The summed E-state index contributed by atoms with van der Waals surface area (Å²) in [6, 6.07) is 9.06. The van der Waals surface area contributed by atoms with Gasteiger partial charge in [-0.05, 0) is 43.7 Å². The number of aromatic nitrogens is 2. The average Bonchev–Trinajstić information content (AvgIpc) is 2.96. The van der Waals surface area contributed by atoms with Crippen LogP contribution in [0.2, 0.25) is 0 Å². The van der Waals surface area contributed by atoms with Crippen molar-refractivity contribution < 1.29 is 9.90 Å². The molecule has 1 aliphatic heterocycles. The third-order valence-corrected chi connectivity index (χ3v) is 4.03. The van der Waals surface area contributed by atoms with Gasteiger partial charge in [0.05, 0.1) is 5.56 Å². The van der Waals surface area contributed by atoms with E-state index in [4.69, 9.17) is 5.11 Å². The lowest BCUT2D eigenvalue weighted by Crippen LogP contribution is -2.20. The van der Waals surface area contributed by atoms with E-state index in [1.807, 2.05) is 25.3 Å². The SMILES string of the molecule is Cc1ccnc([C@H]2CCN(Cc3cccc(C(=O)O)c3)C2)n1. The Morgan fingerprint density at radius 1 is 1.41 bits per heavy atom. The molecule has 1 aromatic carbocycles. The molecule has 0 saturated carbocycles. The smallest absolute Gasteiger partial charge is 0.335 e. The Hall–Kier alpha value is -2.27. The molecule has 1 saturated heterocycles. The highest BCUT2D eigenvalue weighted by molar-refractivity contribution is 5.87. The normalized spacial score (nSPS) is 18.5. The maximum absolute atomic E-state index is 11.0. The van der Waals surface area contributed by atoms with E-state index in [1.165, 1.54) is 0 Å². The van der Waals surface area contributed by atoms with Crippen LogP contribution < -0.4 is 0 Å². The maximum atomic E-state index is 11.0. The number of benzene rings is 1. The van der Waals surface area contributed by atoms with E-state index in [2.05, 4.69) is 14.9 Å². The first-order valence-corrected chi connectivity index (χ1v) is 7.46. The lowest BCUT2D eigenvalue weighted by molar-refractivity contribution is 0.0696. The highest BCUT2D eigenvalue weighted by Crippen LogP contribution is 2.25. The van der Waals surface area contributed by atoms with Gasteiger partial charge in [0.25, 0.3) is 0 Å². The summed E-state index contributed by atoms with van der Waals surface area (Å²) < 4.78 is 0. The van der Waals surface area contributed by atoms with Crippen LogP contribution in [0, 0.1) is 6.92 Å². The molecule has 1 atom stereocenters. The first kappa shape index (κ1) is 14.7. The van der Waals surface area contributed by atoms with Crippen molar-refractivity contribution in [2.24, 2.45) is 0 Å². The summed E-state index contributed by atoms with van der Waals surface area (Å²) in [5.41, 5.74) is 2.37. The van der Waals surface area contributed by atoms with Crippen LogP contribution in [0.15, 0.2) is 36.5 Å². The fourth-order valence-electron chi connectivity index (χ4n) is 2.91. The number of likely N-dealkylation sites (tertiary alicyclic amines) is 1. The average molecular weight is 297 g/mol. The second kappa shape index (κ2) is 6.23. The van der Waals surface area contributed by atoms with Gasteiger partial charge >= 0.3 is 5.97 Å². The van der Waals surface area contributed by atoms with E-state index in [0.717, 1.165) is 43.1 Å². The number of aromatic carboxylic acids is 1. The molecule has 1 aromatic heterocycles. The topological polar surface area (TPSA) is 66.3 Å². The predicted molar refractivity (Wildman–Crippen MR) is 82.8 cm³/mol. The molecule has 0 amide bonds. The summed E-state index contributed by atoms with van der Waals surface area (Å²) in [4.78, 5) is 22.3. The van der Waals surface area contributed by atoms with Gasteiger partial charge in [-0.1, -0.05) is 12.1 Å². The fraction of sp³-hybridized carbons (Fsp3) is 0.353. The van der Waals surface area contributed by atoms with Crippen molar-refractivity contribution in [3.63, 3.8) is 0 Å². The van der Waals surface area contributed by atoms with Crippen LogP contribution in [0.1, 0.15) is 39.8 Å². The van der Waals surface area contributed by atoms with Crippen LogP contribution in [0.4, 0.5) is 0 Å². The molecule has 1 aliphatic rings. The predicted octanol–water partition coefficient (Wildman–Crippen LogP) is 2.47. The van der Waals surface area contributed by atoms with Gasteiger partial charge in [-0.3, -0.25) is 4.90 Å². The minimum atomic E-state index is -0.880. The first-order valence-electron chi connectivity index (χ1n) is 7.46. The molecule has 22 heavy (non-hydrogen) atoms. The molecule has 0 spiro atoms. The minimum Gasteiger partial charge on any atom is -0.478 e. The van der Waals surface area contributed by atoms with E-state index in [1.54, 1.807) is 18.2 Å². The van der Waals surface area contributed by atoms with Crippen LogP contribution in [0.25, 0.3) is 0 Å². The highest BCUT2D eigenvalue weighted by Gasteiger charge is 2.26. The standard InChI is InChI=1S/C17H19N3O2/c1-12-5-7-18-16(19-12)15-6-8-20(11-15)10-13-3-2-4-14(9-13)17(21)22/h2-5,7,9,15H,6,8,10-11H2,1H3,(H,21,22)/t15-/m0/s1. The van der Waals surface area contributed by atoms with Gasteiger partial charge in [0.1, 0.15) is 5.82 Å². The Morgan fingerprint density at radius 2 is 2.27 bits per heavy atom. The van der Waals surface area contributed by atoms with E-state index in [-0.39, 0.29) is 0 Å². The maximum Gasteiger partial charge on any atom is 0.335 e. The third kappa shape index (κ3) is 3.31. The molecule has 0 bridgehead atoms. The summed E-state index contributed by atoms with van der Waals surface area (Å²) in [6.07, 6.45) is 2.86. The second-order valence-electron chi connectivity index (χ2n) is 5.78. The number of rotatable bonds is 4. The van der Waals surface area contributed by atoms with E-state index >= 15 is 0 Å². The van der Waals surface area contributed by atoms with Crippen LogP contribution in [-0.4, -0.2) is 39.0 Å². The lowest BCUT2D eigenvalue weighted by atomic mass is 10.1. The zero-order valence-corrected chi connectivity index (χ0v) is 12.6. The Labute approximate surface area is 129 Å². The molecule has 0 unspecified atom stereocenters. The molecule has 1 N–H and O–H groups in total. The van der Waals surface area contributed by atoms with Crippen molar-refractivity contribution in [1.29, 1.82) is 0 Å². The quantitative estimate of drug-likeness (QED) is 0.939. The van der Waals surface area contributed by atoms with Crippen molar-refractivity contribution in [2.75, 3.05) is 13.1 Å². The van der Waals surface area contributed by atoms with Crippen LogP contribution in [0.3, 0.4) is 0 Å². The molecule has 1 fully saturated rings. The number of carboxylic acid groups (broad SMARTS) is 1. The van der Waals surface area contributed by atoms with Gasteiger partial charge in [0.2, 0.25) is 0 Å². The Bertz CT molecular complexity index is 687. The van der Waals surface area contributed by atoms with Crippen molar-refractivity contribution in [2.45, 2.75) is 25.8 Å². The van der Waals surface area contributed by atoms with Gasteiger partial charge in [-0.2, -0.15) is 0 Å². The number of carbonyl (C=O) groups is 1. The summed E-state index contributed by atoms with van der Waals surface area (Å²) >= 11 is 0. The number of nitrogens with zero attached hydrogens (tertiary/aromatic N) is 3. The zero-order chi connectivity index (χ0) is 15.5. The number of carboxylic acids is 1. The van der Waals surface area contributed by atoms with Gasteiger partial charge in [-0.25, -0.2) is 14.8 Å². The molecule has 0 aliphatic carbocycles. The Morgan fingerprint density at radius 3 is 3.05 bits per heavy atom. The van der Waals surface area contributed by atoms with Gasteiger partial charge in [0, 0.05) is 30.9 Å². The molecule has 5 nitrogen and oxygen atoms in total. The summed E-state index contributed by atoms with van der Waals surface area (Å²) in [5.74, 6) is 0.402. The van der Waals surface area contributed by atoms with Crippen molar-refractivity contribution in [1.82, 2.24) is 14.9 Å². The molecule has 0 radical (unpaired) electrons. The summed E-state index contributed by atoms with van der Waals surface area (Å²) in [6.45, 7) is 4.65. The summed E-state index contributed by atoms with van der Waals surface area (Å²) in [5, 5.41) is 9.06. The molecule has 3 rings (SSSR count). The lowest BCUT2D eigenvalue weighted by Gasteiger charge is -2.16. The Kier molecular flexibility index (Phi) is 4.15. The number of hydrogen-bond acceptors (Lipinski definition) is 4. The molecule has 2 heterocycles. The minimum absolute atomic E-state index is 0.343. The zero-order valence-electron chi connectivity index (χ0n) is 12.6. The largest absolute Gasteiger partial charge is 0.478 e. The molecular formula is C17H19N3O2. The third-order valence-electron chi connectivity index (χ3n) is 4.03. The molecule has 2 aromatic rings. The molecule has 114 valence electrons. The van der Waals surface area contributed by atoms with Crippen LogP contribution in [-0.2, 0) is 6.54 Å². The summed E-state index contributed by atoms with van der Waals surface area (Å²) in [7, 11) is 0. The van der Waals surface area contributed by atoms with Crippen LogP contribution in [0.5, 0.6) is 0 Å². The monoisotopic (exact) mass is 297 g/mol. The first-order chi connectivity index (χ1) is 10.6. The van der Waals surface area contributed by atoms with Crippen molar-refractivity contribution in [3.8, 4) is 0 Å². The van der Waals surface area contributed by atoms with Crippen LogP contribution >= 0.6 is 0 Å². The van der Waals surface area contributed by atoms with E-state index < -0.39 is 5.97 Å².